The Morgan fingerprint density at radius 2 is 1.50 bits per heavy atom. The Labute approximate surface area is 150 Å². The van der Waals surface area contributed by atoms with E-state index in [1.165, 1.54) is 12.0 Å². The van der Waals surface area contributed by atoms with Crippen molar-refractivity contribution in [2.24, 2.45) is 11.8 Å². The molecular weight excluding hydrogens is 332 g/mol. The fourth-order valence-electron chi connectivity index (χ4n) is 3.95. The van der Waals surface area contributed by atoms with Crippen LogP contribution < -0.4 is 10.2 Å². The highest BCUT2D eigenvalue weighted by atomic mass is 16.5. The molecule has 1 N–H and O–H groups in total. The molecule has 2 saturated heterocycles. The molecule has 0 spiro atoms. The number of benzene rings is 2. The molecule has 0 bridgehead atoms. The van der Waals surface area contributed by atoms with E-state index in [0.29, 0.717) is 5.69 Å². The van der Waals surface area contributed by atoms with Crippen LogP contribution in [0, 0.1) is 11.8 Å². The summed E-state index contributed by atoms with van der Waals surface area (Å²) < 4.78 is 4.87. The average molecular weight is 350 g/mol. The number of para-hydroxylation sites is 1. The van der Waals surface area contributed by atoms with Crippen LogP contribution in [0.5, 0.6) is 0 Å². The average Bonchev–Trinajstić information content (AvgIpc) is 3.20. The number of esters is 1. The van der Waals surface area contributed by atoms with Gasteiger partial charge in [0.25, 0.3) is 0 Å². The number of rotatable bonds is 3. The molecule has 132 valence electrons. The number of hydrogen-bond acceptors (Lipinski definition) is 5. The lowest BCUT2D eigenvalue weighted by molar-refractivity contribution is -0.145. The van der Waals surface area contributed by atoms with Gasteiger partial charge in [0.05, 0.1) is 24.6 Å². The molecule has 0 saturated carbocycles. The van der Waals surface area contributed by atoms with Gasteiger partial charge in [0.15, 0.2) is 0 Å². The predicted molar refractivity (Wildman–Crippen MR) is 94.0 cm³/mol. The van der Waals surface area contributed by atoms with Crippen LogP contribution in [0.1, 0.15) is 11.6 Å². The maximum Gasteiger partial charge on any atom is 0.323 e. The highest BCUT2D eigenvalue weighted by molar-refractivity contribution is 6.23. The predicted octanol–water partition coefficient (Wildman–Crippen LogP) is 1.68. The molecule has 2 amide bonds. The van der Waals surface area contributed by atoms with Crippen molar-refractivity contribution < 1.29 is 19.1 Å². The van der Waals surface area contributed by atoms with E-state index < -0.39 is 29.9 Å². The second-order valence-electron chi connectivity index (χ2n) is 6.45. The third-order valence-electron chi connectivity index (χ3n) is 5.10. The number of carbonyl (C=O) groups excluding carboxylic acids is 3. The molecule has 0 aliphatic carbocycles. The summed E-state index contributed by atoms with van der Waals surface area (Å²) in [7, 11) is 1.28. The summed E-state index contributed by atoms with van der Waals surface area (Å²) in [6.45, 7) is 0. The zero-order valence-corrected chi connectivity index (χ0v) is 14.2. The number of nitrogens with one attached hydrogen (secondary N) is 1. The van der Waals surface area contributed by atoms with Crippen LogP contribution in [-0.2, 0) is 19.1 Å². The number of nitrogens with zero attached hydrogens (tertiary/aromatic N) is 1. The summed E-state index contributed by atoms with van der Waals surface area (Å²) in [6, 6.07) is 16.9. The van der Waals surface area contributed by atoms with Crippen LogP contribution in [-0.4, -0.2) is 30.9 Å². The lowest BCUT2D eigenvalue weighted by Crippen LogP contribution is -2.43. The number of amides is 2. The Hall–Kier alpha value is -2.99. The van der Waals surface area contributed by atoms with Gasteiger partial charge in [-0.15, -0.1) is 0 Å². The van der Waals surface area contributed by atoms with Crippen LogP contribution in [0.15, 0.2) is 60.7 Å². The monoisotopic (exact) mass is 350 g/mol. The molecular formula is C20H18N2O4. The van der Waals surface area contributed by atoms with E-state index >= 15 is 0 Å². The summed E-state index contributed by atoms with van der Waals surface area (Å²) in [6.07, 6.45) is 0. The quantitative estimate of drug-likeness (QED) is 0.673. The van der Waals surface area contributed by atoms with Crippen molar-refractivity contribution in [3.8, 4) is 0 Å². The molecule has 2 aliphatic rings. The summed E-state index contributed by atoms with van der Waals surface area (Å²) in [5.41, 5.74) is 1.39. The Kier molecular flexibility index (Phi) is 4.05. The second-order valence-corrected chi connectivity index (χ2v) is 6.45. The molecule has 6 nitrogen and oxygen atoms in total. The summed E-state index contributed by atoms with van der Waals surface area (Å²) >= 11 is 0. The Balaban J connectivity index is 1.78. The standard InChI is InChI=1S/C20H18N2O4/c1-26-20(25)17-15-14(16(21-17)12-8-4-2-5-9-12)18(23)22(19(15)24)13-10-6-3-7-11-13/h2-11,14-17,21H,1H3/t14-,15+,16+,17+/m1/s1. The Bertz CT molecular complexity index is 853. The smallest absolute Gasteiger partial charge is 0.323 e. The van der Waals surface area contributed by atoms with Crippen molar-refractivity contribution >= 4 is 23.5 Å². The number of anilines is 1. The van der Waals surface area contributed by atoms with E-state index in [-0.39, 0.29) is 11.8 Å². The SMILES string of the molecule is COC(=O)[C@H]1N[C@@H](c2ccccc2)[C@@H]2C(=O)N(c3ccccc3)C(=O)[C@@H]21. The minimum Gasteiger partial charge on any atom is -0.468 e. The van der Waals surface area contributed by atoms with Crippen molar-refractivity contribution in [1.82, 2.24) is 5.32 Å². The van der Waals surface area contributed by atoms with Crippen molar-refractivity contribution in [3.05, 3.63) is 66.2 Å². The van der Waals surface area contributed by atoms with Gasteiger partial charge in [-0.2, -0.15) is 0 Å². The van der Waals surface area contributed by atoms with E-state index in [9.17, 15) is 14.4 Å². The molecule has 0 unspecified atom stereocenters. The number of carbonyl (C=O) groups is 3. The van der Waals surface area contributed by atoms with Crippen molar-refractivity contribution in [2.75, 3.05) is 12.0 Å². The van der Waals surface area contributed by atoms with E-state index in [4.69, 9.17) is 4.74 Å². The van der Waals surface area contributed by atoms with Gasteiger partial charge in [-0.25, -0.2) is 4.90 Å². The first-order valence-electron chi connectivity index (χ1n) is 8.45. The summed E-state index contributed by atoms with van der Waals surface area (Å²) in [5.74, 6) is -2.62. The number of hydrogen-bond donors (Lipinski definition) is 1. The molecule has 2 heterocycles. The number of ether oxygens (including phenoxy) is 1. The molecule has 0 radical (unpaired) electrons. The number of imide groups is 1. The largest absolute Gasteiger partial charge is 0.468 e. The maximum absolute atomic E-state index is 13.2. The third-order valence-corrected chi connectivity index (χ3v) is 5.10. The molecule has 2 aromatic carbocycles. The lowest BCUT2D eigenvalue weighted by atomic mass is 9.86. The van der Waals surface area contributed by atoms with Gasteiger partial charge in [-0.1, -0.05) is 48.5 Å². The van der Waals surface area contributed by atoms with Crippen LogP contribution in [0.25, 0.3) is 0 Å². The first-order chi connectivity index (χ1) is 12.6. The number of methoxy groups -OCH3 is 1. The summed E-state index contributed by atoms with van der Waals surface area (Å²) in [5, 5.41) is 3.15. The summed E-state index contributed by atoms with van der Waals surface area (Å²) in [4.78, 5) is 39.7. The van der Waals surface area contributed by atoms with E-state index in [1.807, 2.05) is 36.4 Å². The molecule has 2 aliphatic heterocycles. The van der Waals surface area contributed by atoms with Gasteiger partial charge in [0.2, 0.25) is 11.8 Å². The molecule has 2 fully saturated rings. The van der Waals surface area contributed by atoms with E-state index in [0.717, 1.165) is 5.56 Å². The zero-order valence-electron chi connectivity index (χ0n) is 14.2. The first-order valence-corrected chi connectivity index (χ1v) is 8.45. The normalized spacial score (nSPS) is 27.5. The lowest BCUT2D eigenvalue weighted by Gasteiger charge is -2.21. The van der Waals surface area contributed by atoms with E-state index in [1.54, 1.807) is 24.3 Å². The second kappa shape index (κ2) is 6.38. The van der Waals surface area contributed by atoms with Gasteiger partial charge in [0.1, 0.15) is 6.04 Å². The topological polar surface area (TPSA) is 75.7 Å². The molecule has 2 aromatic rings. The number of fused-ring (bicyclic) bond motifs is 1. The molecule has 0 aromatic heterocycles. The van der Waals surface area contributed by atoms with E-state index in [2.05, 4.69) is 5.32 Å². The molecule has 26 heavy (non-hydrogen) atoms. The van der Waals surface area contributed by atoms with Crippen LogP contribution >= 0.6 is 0 Å². The van der Waals surface area contributed by atoms with Crippen molar-refractivity contribution in [3.63, 3.8) is 0 Å². The van der Waals surface area contributed by atoms with Gasteiger partial charge >= 0.3 is 5.97 Å². The minimum absolute atomic E-state index is 0.293. The fourth-order valence-corrected chi connectivity index (χ4v) is 3.95. The van der Waals surface area contributed by atoms with Crippen LogP contribution in [0.3, 0.4) is 0 Å². The zero-order chi connectivity index (χ0) is 18.3. The maximum atomic E-state index is 13.2. The Morgan fingerprint density at radius 3 is 2.12 bits per heavy atom. The molecule has 6 heteroatoms. The van der Waals surface area contributed by atoms with Crippen LogP contribution in [0.2, 0.25) is 0 Å². The molecule has 4 atom stereocenters. The first kappa shape index (κ1) is 16.5. The Morgan fingerprint density at radius 1 is 0.923 bits per heavy atom. The third kappa shape index (κ3) is 2.42. The van der Waals surface area contributed by atoms with Crippen LogP contribution in [0.4, 0.5) is 5.69 Å². The van der Waals surface area contributed by atoms with Crippen molar-refractivity contribution in [2.45, 2.75) is 12.1 Å². The highest BCUT2D eigenvalue weighted by Gasteiger charge is 2.61. The minimum atomic E-state index is -0.847. The van der Waals surface area contributed by atoms with Crippen molar-refractivity contribution in [1.29, 1.82) is 0 Å². The van der Waals surface area contributed by atoms with Gasteiger partial charge in [0, 0.05) is 6.04 Å². The van der Waals surface area contributed by atoms with Gasteiger partial charge in [-0.3, -0.25) is 19.7 Å². The highest BCUT2D eigenvalue weighted by Crippen LogP contribution is 2.45. The van der Waals surface area contributed by atoms with Gasteiger partial charge < -0.3 is 4.74 Å². The molecule has 4 rings (SSSR count). The fraction of sp³-hybridized carbons (Fsp3) is 0.250. The van der Waals surface area contributed by atoms with Gasteiger partial charge in [-0.05, 0) is 17.7 Å².